The number of fused-ring (bicyclic) bond motifs is 13. The van der Waals surface area contributed by atoms with Crippen molar-refractivity contribution in [2.45, 2.75) is 80.1 Å². The molecule has 73 heavy (non-hydrogen) atoms. The summed E-state index contributed by atoms with van der Waals surface area (Å²) in [5.74, 6) is 0. The van der Waals surface area contributed by atoms with Gasteiger partial charge in [-0.1, -0.05) is 163 Å². The average Bonchev–Trinajstić information content (AvgIpc) is 4.08. The van der Waals surface area contributed by atoms with Crippen molar-refractivity contribution in [2.24, 2.45) is 0 Å². The minimum atomic E-state index is -0.115. The normalized spacial score (nSPS) is 12.5. The van der Waals surface area contributed by atoms with Crippen LogP contribution in [-0.2, 0) is 10.8 Å². The molecule has 0 saturated carbocycles. The fourth-order valence-corrected chi connectivity index (χ4v) is 11.4. The highest BCUT2D eigenvalue weighted by Crippen LogP contribution is 2.52. The highest BCUT2D eigenvalue weighted by atomic mass is 16.3. The summed E-state index contributed by atoms with van der Waals surface area (Å²) in [6.45, 7) is 22.3. The van der Waals surface area contributed by atoms with Crippen LogP contribution in [0.25, 0.3) is 87.4 Å². The van der Waals surface area contributed by atoms with Crippen LogP contribution in [-0.4, -0.2) is 0 Å². The van der Waals surface area contributed by atoms with Gasteiger partial charge in [-0.05, 0) is 109 Å². The van der Waals surface area contributed by atoms with Gasteiger partial charge in [-0.15, -0.1) is 0 Å². The lowest BCUT2D eigenvalue weighted by Crippen LogP contribution is -2.12. The standard InChI is InChI=1S/C68H58N2O3/c1-39-31-33-43(35-41(39)3)69(57-29-17-25-51-49-23-15-27-55(67(5,6)7)63(49)72-65(51)57)59-37-53-54-38-60(46-20-12-14-22-48(46)62(54)71-61(53)47-21-13-11-19-45(47)59)70(44-34-32-40(2)42(4)36-44)58-30-18-26-52-50-24-16-28-56(68(8,9)10)64(50)73-66(52)58/h11-38H,1-10H3. The molecule has 0 unspecified atom stereocenters. The maximum absolute atomic E-state index is 7.28. The molecular weight excluding hydrogens is 893 g/mol. The lowest BCUT2D eigenvalue weighted by Gasteiger charge is -2.28. The highest BCUT2D eigenvalue weighted by Gasteiger charge is 2.29. The largest absolute Gasteiger partial charge is 0.455 e. The van der Waals surface area contributed by atoms with Crippen molar-refractivity contribution in [2.75, 3.05) is 9.80 Å². The fraction of sp³-hybridized carbons (Fsp3) is 0.176. The van der Waals surface area contributed by atoms with E-state index in [1.807, 2.05) is 0 Å². The van der Waals surface area contributed by atoms with E-state index in [1.165, 1.54) is 33.4 Å². The molecule has 0 amide bonds. The van der Waals surface area contributed by atoms with E-state index in [1.54, 1.807) is 0 Å². The van der Waals surface area contributed by atoms with Crippen LogP contribution in [0.1, 0.15) is 74.9 Å². The molecule has 5 nitrogen and oxygen atoms in total. The average molecular weight is 951 g/mol. The Balaban J connectivity index is 1.13. The predicted octanol–water partition coefficient (Wildman–Crippen LogP) is 20.5. The number of para-hydroxylation sites is 4. The Morgan fingerprint density at radius 2 is 0.603 bits per heavy atom. The van der Waals surface area contributed by atoms with Gasteiger partial charge >= 0.3 is 0 Å². The van der Waals surface area contributed by atoms with Crippen LogP contribution in [0.4, 0.5) is 34.1 Å². The first kappa shape index (κ1) is 44.6. The van der Waals surface area contributed by atoms with Gasteiger partial charge in [-0.2, -0.15) is 0 Å². The van der Waals surface area contributed by atoms with Gasteiger partial charge in [0, 0.05) is 76.4 Å². The second kappa shape index (κ2) is 16.1. The van der Waals surface area contributed by atoms with E-state index in [9.17, 15) is 0 Å². The quantitative estimate of drug-likeness (QED) is 0.166. The Labute approximate surface area is 425 Å². The molecule has 0 spiro atoms. The van der Waals surface area contributed by atoms with Crippen molar-refractivity contribution in [3.8, 4) is 0 Å². The Kier molecular flexibility index (Phi) is 9.86. The van der Waals surface area contributed by atoms with Crippen LogP contribution in [0, 0.1) is 27.7 Å². The first-order valence-corrected chi connectivity index (χ1v) is 25.6. The molecule has 0 atom stereocenters. The summed E-state index contributed by atoms with van der Waals surface area (Å²) >= 11 is 0. The van der Waals surface area contributed by atoms with Crippen LogP contribution in [0.5, 0.6) is 0 Å². The Morgan fingerprint density at radius 3 is 0.986 bits per heavy atom. The number of anilines is 6. The van der Waals surface area contributed by atoms with Crippen molar-refractivity contribution >= 4 is 121 Å². The second-order valence-electron chi connectivity index (χ2n) is 22.3. The molecule has 358 valence electrons. The van der Waals surface area contributed by atoms with Gasteiger partial charge in [-0.25, -0.2) is 0 Å². The molecule has 10 aromatic carbocycles. The minimum Gasteiger partial charge on any atom is -0.455 e. The van der Waals surface area contributed by atoms with Crippen molar-refractivity contribution < 1.29 is 13.3 Å². The summed E-state index contributed by atoms with van der Waals surface area (Å²) in [6, 6.07) is 61.9. The molecule has 0 radical (unpaired) electrons. The second-order valence-corrected chi connectivity index (χ2v) is 22.3. The number of benzene rings is 10. The number of hydrogen-bond donors (Lipinski definition) is 0. The summed E-state index contributed by atoms with van der Waals surface area (Å²) in [7, 11) is 0. The predicted molar refractivity (Wildman–Crippen MR) is 309 cm³/mol. The third-order valence-electron chi connectivity index (χ3n) is 15.5. The third kappa shape index (κ3) is 6.89. The Hall–Kier alpha value is -8.28. The first-order chi connectivity index (χ1) is 35.1. The van der Waals surface area contributed by atoms with Crippen molar-refractivity contribution in [1.82, 2.24) is 0 Å². The van der Waals surface area contributed by atoms with Gasteiger partial charge < -0.3 is 23.1 Å². The third-order valence-corrected chi connectivity index (χ3v) is 15.5. The SMILES string of the molecule is Cc1ccc(N(c2cc3c4cc(N(c5ccc(C)c(C)c5)c5cccc6c5oc5c(C(C)(C)C)cccc56)c5ccccc5c4oc3c3ccccc23)c2cccc3c2oc2c(C(C)(C)C)cccc23)cc1C. The summed E-state index contributed by atoms with van der Waals surface area (Å²) in [5.41, 5.74) is 18.4. The molecule has 0 bridgehead atoms. The lowest BCUT2D eigenvalue weighted by molar-refractivity contribution is 0.572. The van der Waals surface area contributed by atoms with E-state index in [0.29, 0.717) is 0 Å². The zero-order valence-corrected chi connectivity index (χ0v) is 43.3. The molecule has 0 saturated heterocycles. The molecule has 0 aliphatic carbocycles. The number of furan rings is 3. The van der Waals surface area contributed by atoms with Gasteiger partial charge in [0.15, 0.2) is 11.2 Å². The van der Waals surface area contributed by atoms with E-state index >= 15 is 0 Å². The van der Waals surface area contributed by atoms with Gasteiger partial charge in [0.1, 0.15) is 22.3 Å². The first-order valence-electron chi connectivity index (χ1n) is 25.6. The van der Waals surface area contributed by atoms with E-state index in [0.717, 1.165) is 121 Å². The smallest absolute Gasteiger partial charge is 0.159 e. The molecule has 5 heteroatoms. The maximum atomic E-state index is 7.28. The number of rotatable bonds is 6. The van der Waals surface area contributed by atoms with Crippen LogP contribution in [0.3, 0.4) is 0 Å². The summed E-state index contributed by atoms with van der Waals surface area (Å²) < 4.78 is 21.6. The number of nitrogens with zero attached hydrogens (tertiary/aromatic N) is 2. The van der Waals surface area contributed by atoms with Crippen LogP contribution in [0.15, 0.2) is 183 Å². The van der Waals surface area contributed by atoms with E-state index < -0.39 is 0 Å². The van der Waals surface area contributed by atoms with E-state index in [4.69, 9.17) is 13.3 Å². The fourth-order valence-electron chi connectivity index (χ4n) is 11.4. The summed E-state index contributed by atoms with van der Waals surface area (Å²) in [4.78, 5) is 4.82. The molecule has 0 aliphatic rings. The Morgan fingerprint density at radius 1 is 0.274 bits per heavy atom. The molecule has 0 fully saturated rings. The van der Waals surface area contributed by atoms with Gasteiger partial charge in [0.2, 0.25) is 0 Å². The highest BCUT2D eigenvalue weighted by molar-refractivity contribution is 6.26. The maximum Gasteiger partial charge on any atom is 0.159 e. The number of aryl methyl sites for hydroxylation is 4. The van der Waals surface area contributed by atoms with Crippen LogP contribution >= 0.6 is 0 Å². The zero-order chi connectivity index (χ0) is 50.2. The van der Waals surface area contributed by atoms with Crippen molar-refractivity contribution in [3.05, 3.63) is 203 Å². The van der Waals surface area contributed by atoms with Crippen LogP contribution in [0.2, 0.25) is 0 Å². The van der Waals surface area contributed by atoms with Gasteiger partial charge in [-0.3, -0.25) is 0 Å². The summed E-state index contributed by atoms with van der Waals surface area (Å²) in [6.07, 6.45) is 0. The molecule has 0 N–H and O–H groups in total. The zero-order valence-electron chi connectivity index (χ0n) is 43.3. The topological polar surface area (TPSA) is 45.9 Å². The van der Waals surface area contributed by atoms with Crippen LogP contribution < -0.4 is 9.80 Å². The molecule has 13 aromatic rings. The van der Waals surface area contributed by atoms with E-state index in [2.05, 4.69) is 249 Å². The Bertz CT molecular complexity index is 4130. The molecule has 3 heterocycles. The van der Waals surface area contributed by atoms with Gasteiger partial charge in [0.25, 0.3) is 0 Å². The molecule has 3 aromatic heterocycles. The minimum absolute atomic E-state index is 0.115. The molecular formula is C68H58N2O3. The lowest BCUT2D eigenvalue weighted by atomic mass is 9.86. The number of hydrogen-bond acceptors (Lipinski definition) is 5. The molecule has 13 rings (SSSR count). The van der Waals surface area contributed by atoms with Crippen molar-refractivity contribution in [3.63, 3.8) is 0 Å². The summed E-state index contributed by atoms with van der Waals surface area (Å²) in [5, 5.41) is 10.7. The molecule has 0 aliphatic heterocycles. The monoisotopic (exact) mass is 950 g/mol. The van der Waals surface area contributed by atoms with Crippen molar-refractivity contribution in [1.29, 1.82) is 0 Å². The van der Waals surface area contributed by atoms with E-state index in [-0.39, 0.29) is 10.8 Å². The van der Waals surface area contributed by atoms with Gasteiger partial charge in [0.05, 0.1) is 22.7 Å².